The van der Waals surface area contributed by atoms with E-state index in [1.807, 2.05) is 36.6 Å². The third-order valence-corrected chi connectivity index (χ3v) is 6.51. The second kappa shape index (κ2) is 12.8. The van der Waals surface area contributed by atoms with E-state index in [0.717, 1.165) is 5.56 Å². The minimum atomic E-state index is -1.44. The summed E-state index contributed by atoms with van der Waals surface area (Å²) in [5.74, 6) is -1.04. The van der Waals surface area contributed by atoms with Gasteiger partial charge in [-0.1, -0.05) is 30.3 Å². The van der Waals surface area contributed by atoms with Gasteiger partial charge in [0.25, 0.3) is 0 Å². The predicted molar refractivity (Wildman–Crippen MR) is 137 cm³/mol. The monoisotopic (exact) mass is 523 g/mol. The highest BCUT2D eigenvalue weighted by Gasteiger charge is 2.48. The normalized spacial score (nSPS) is 20.7. The fourth-order valence-electron chi connectivity index (χ4n) is 3.80. The maximum Gasteiger partial charge on any atom is 0.410 e. The minimum Gasteiger partial charge on any atom is -0.481 e. The number of nitrogens with zero attached hydrogens (tertiary/aromatic N) is 1. The van der Waals surface area contributed by atoms with Crippen LogP contribution in [0.5, 0.6) is 0 Å². The lowest BCUT2D eigenvalue weighted by molar-refractivity contribution is -0.153. The van der Waals surface area contributed by atoms with Gasteiger partial charge >= 0.3 is 18.2 Å². The average molecular weight is 524 g/mol. The Morgan fingerprint density at radius 1 is 1.22 bits per heavy atom. The van der Waals surface area contributed by atoms with Crippen LogP contribution in [0.4, 0.5) is 9.59 Å². The molecule has 0 aromatic heterocycles. The summed E-state index contributed by atoms with van der Waals surface area (Å²) < 4.78 is 10.6. The Bertz CT molecular complexity index is 922. The smallest absolute Gasteiger partial charge is 0.410 e. The third-order valence-electron chi connectivity index (χ3n) is 5.86. The molecule has 0 saturated carbocycles. The summed E-state index contributed by atoms with van der Waals surface area (Å²) in [5.41, 5.74) is -1.35. The van der Waals surface area contributed by atoms with E-state index >= 15 is 0 Å². The van der Waals surface area contributed by atoms with E-state index in [4.69, 9.17) is 9.47 Å². The van der Waals surface area contributed by atoms with E-state index in [9.17, 15) is 24.3 Å². The number of carbonyl (C=O) groups is 4. The number of carboxylic acids is 1. The number of hydrogen-bond acceptors (Lipinski definition) is 7. The number of rotatable bonds is 9. The highest BCUT2D eigenvalue weighted by Crippen LogP contribution is 2.31. The van der Waals surface area contributed by atoms with E-state index in [-0.39, 0.29) is 26.1 Å². The number of piperidine rings is 1. The number of nitrogens with one attached hydrogen (secondary N) is 2. The minimum absolute atomic E-state index is 0.0593. The Kier molecular flexibility index (Phi) is 10.4. The first-order valence-corrected chi connectivity index (χ1v) is 13.2. The number of thioether (sulfide) groups is 1. The highest BCUT2D eigenvalue weighted by atomic mass is 32.2. The first-order chi connectivity index (χ1) is 16.9. The van der Waals surface area contributed by atoms with Crippen molar-refractivity contribution in [2.75, 3.05) is 25.1 Å². The zero-order valence-corrected chi connectivity index (χ0v) is 22.4. The van der Waals surface area contributed by atoms with Crippen molar-refractivity contribution in [3.63, 3.8) is 0 Å². The molecule has 1 aliphatic heterocycles. The molecule has 3 atom stereocenters. The molecule has 200 valence electrons. The highest BCUT2D eigenvalue weighted by molar-refractivity contribution is 7.98. The van der Waals surface area contributed by atoms with Gasteiger partial charge in [-0.2, -0.15) is 11.8 Å². The molecule has 0 bridgehead atoms. The third kappa shape index (κ3) is 8.61. The van der Waals surface area contributed by atoms with Crippen LogP contribution >= 0.6 is 11.8 Å². The van der Waals surface area contributed by atoms with Gasteiger partial charge in [0.1, 0.15) is 23.7 Å². The first-order valence-electron chi connectivity index (χ1n) is 11.8. The number of carbonyl (C=O) groups excluding carboxylic acids is 3. The Morgan fingerprint density at radius 3 is 2.47 bits per heavy atom. The van der Waals surface area contributed by atoms with Crippen molar-refractivity contribution in [2.24, 2.45) is 5.41 Å². The van der Waals surface area contributed by atoms with Crippen LogP contribution in [0.2, 0.25) is 0 Å². The molecule has 11 heteroatoms. The van der Waals surface area contributed by atoms with Crippen molar-refractivity contribution in [2.45, 2.75) is 64.8 Å². The van der Waals surface area contributed by atoms with Crippen LogP contribution in [-0.2, 0) is 25.7 Å². The fraction of sp³-hybridized carbons (Fsp3) is 0.600. The van der Waals surface area contributed by atoms with Crippen molar-refractivity contribution in [3.05, 3.63) is 35.9 Å². The van der Waals surface area contributed by atoms with Gasteiger partial charge in [-0.25, -0.2) is 9.59 Å². The van der Waals surface area contributed by atoms with Gasteiger partial charge in [-0.15, -0.1) is 0 Å². The van der Waals surface area contributed by atoms with Gasteiger partial charge in [0.2, 0.25) is 5.91 Å². The Morgan fingerprint density at radius 2 is 1.89 bits per heavy atom. The summed E-state index contributed by atoms with van der Waals surface area (Å²) in [4.78, 5) is 51.6. The van der Waals surface area contributed by atoms with E-state index in [0.29, 0.717) is 12.2 Å². The molecule has 36 heavy (non-hydrogen) atoms. The van der Waals surface area contributed by atoms with Gasteiger partial charge in [0.05, 0.1) is 0 Å². The van der Waals surface area contributed by atoms with Crippen molar-refractivity contribution in [1.29, 1.82) is 0 Å². The largest absolute Gasteiger partial charge is 0.481 e. The molecule has 1 heterocycles. The summed E-state index contributed by atoms with van der Waals surface area (Å²) in [6.07, 6.45) is 1.12. The molecule has 1 aromatic carbocycles. The van der Waals surface area contributed by atoms with Gasteiger partial charge in [-0.05, 0) is 58.1 Å². The van der Waals surface area contributed by atoms with Crippen molar-refractivity contribution in [3.8, 4) is 0 Å². The molecule has 10 nitrogen and oxygen atoms in total. The summed E-state index contributed by atoms with van der Waals surface area (Å²) in [6, 6.07) is 7.51. The molecule has 1 fully saturated rings. The lowest BCUT2D eigenvalue weighted by atomic mass is 9.77. The Hall–Kier alpha value is -2.95. The molecular formula is C25H37N3O7S. The van der Waals surface area contributed by atoms with Crippen LogP contribution in [0.1, 0.15) is 46.1 Å². The Labute approximate surface area is 216 Å². The average Bonchev–Trinajstić information content (AvgIpc) is 2.81. The molecule has 0 unspecified atom stereocenters. The van der Waals surface area contributed by atoms with E-state index in [2.05, 4.69) is 10.6 Å². The SMILES string of the molecule is CSCC[C@H](NC(=O)OCc1ccccc1)C(=O)N[C@H]1CCN(C(=O)OC(C)(C)C)C[C@@]1(C)C(=O)O. The number of benzene rings is 1. The van der Waals surface area contributed by atoms with Gasteiger partial charge in [-0.3, -0.25) is 9.59 Å². The summed E-state index contributed by atoms with van der Waals surface area (Å²) in [5, 5.41) is 15.4. The zero-order chi connectivity index (χ0) is 26.9. The lowest BCUT2D eigenvalue weighted by Crippen LogP contribution is -2.63. The maximum absolute atomic E-state index is 13.2. The molecule has 1 saturated heterocycles. The number of hydrogen-bond donors (Lipinski definition) is 3. The molecule has 1 aliphatic rings. The molecule has 2 rings (SSSR count). The van der Waals surface area contributed by atoms with E-state index in [1.54, 1.807) is 20.8 Å². The van der Waals surface area contributed by atoms with Crippen LogP contribution in [0.15, 0.2) is 30.3 Å². The zero-order valence-electron chi connectivity index (χ0n) is 21.5. The molecular weight excluding hydrogens is 486 g/mol. The Balaban J connectivity index is 2.05. The maximum atomic E-state index is 13.2. The van der Waals surface area contributed by atoms with E-state index < -0.39 is 47.2 Å². The fourth-order valence-corrected chi connectivity index (χ4v) is 4.27. The first kappa shape index (κ1) is 29.3. The van der Waals surface area contributed by atoms with Crippen LogP contribution in [-0.4, -0.2) is 76.9 Å². The summed E-state index contributed by atoms with van der Waals surface area (Å²) in [7, 11) is 0. The number of carboxylic acid groups (broad SMARTS) is 1. The quantitative estimate of drug-likeness (QED) is 0.449. The molecule has 3 amide bonds. The van der Waals surface area contributed by atoms with Crippen molar-refractivity contribution in [1.82, 2.24) is 15.5 Å². The van der Waals surface area contributed by atoms with Crippen molar-refractivity contribution < 1.29 is 33.8 Å². The molecule has 0 spiro atoms. The molecule has 0 radical (unpaired) electrons. The number of alkyl carbamates (subject to hydrolysis) is 1. The topological polar surface area (TPSA) is 134 Å². The van der Waals surface area contributed by atoms with Crippen LogP contribution in [0.3, 0.4) is 0 Å². The van der Waals surface area contributed by atoms with E-state index in [1.165, 1.54) is 23.6 Å². The van der Waals surface area contributed by atoms with Crippen LogP contribution in [0, 0.1) is 5.41 Å². The second-order valence-electron chi connectivity index (χ2n) is 10.0. The molecule has 0 aliphatic carbocycles. The number of ether oxygens (including phenoxy) is 2. The van der Waals surface area contributed by atoms with Crippen molar-refractivity contribution >= 4 is 35.8 Å². The molecule has 3 N–H and O–H groups in total. The van der Waals surface area contributed by atoms with Gasteiger partial charge in [0.15, 0.2) is 0 Å². The number of aliphatic carboxylic acids is 1. The van der Waals surface area contributed by atoms with Gasteiger partial charge < -0.3 is 30.1 Å². The summed E-state index contributed by atoms with van der Waals surface area (Å²) >= 11 is 1.52. The standard InChI is InChI=1S/C25H37N3O7S/c1-24(2,3)35-23(33)28-13-11-19(25(4,16-28)21(30)31)27-20(29)18(12-14-36-5)26-22(32)34-15-17-9-7-6-8-10-17/h6-10,18-19H,11-16H2,1-5H3,(H,26,32)(H,27,29)(H,30,31)/t18-,19-,25+/m0/s1. The molecule has 1 aromatic rings. The number of amides is 3. The second-order valence-corrected chi connectivity index (χ2v) is 11.0. The van der Waals surface area contributed by atoms with Crippen LogP contribution in [0.25, 0.3) is 0 Å². The summed E-state index contributed by atoms with van der Waals surface area (Å²) in [6.45, 7) is 6.87. The lowest BCUT2D eigenvalue weighted by Gasteiger charge is -2.44. The predicted octanol–water partition coefficient (Wildman–Crippen LogP) is 3.25. The van der Waals surface area contributed by atoms with Crippen LogP contribution < -0.4 is 10.6 Å². The van der Waals surface area contributed by atoms with Gasteiger partial charge in [0, 0.05) is 19.1 Å². The number of likely N-dealkylation sites (tertiary alicyclic amines) is 1.